The summed E-state index contributed by atoms with van der Waals surface area (Å²) in [6.45, 7) is 1.96. The number of rotatable bonds is 2. The lowest BCUT2D eigenvalue weighted by atomic mass is 9.84. The van der Waals surface area contributed by atoms with E-state index in [0.717, 1.165) is 33.0 Å². The number of benzene rings is 1. The van der Waals surface area contributed by atoms with Crippen molar-refractivity contribution in [3.8, 4) is 0 Å². The molecule has 1 amide bonds. The number of nitrogens with one attached hydrogen (secondary N) is 1. The molecular formula is C13H16BrIN2O. The van der Waals surface area contributed by atoms with Crippen LogP contribution in [0.1, 0.15) is 26.2 Å². The van der Waals surface area contributed by atoms with Crippen molar-refractivity contribution in [3.63, 3.8) is 0 Å². The molecule has 1 aromatic rings. The number of hydrogen-bond donors (Lipinski definition) is 2. The van der Waals surface area contributed by atoms with Gasteiger partial charge in [0.15, 0.2) is 0 Å². The smallest absolute Gasteiger partial charge is 0.231 e. The molecule has 3 N–H and O–H groups in total. The Morgan fingerprint density at radius 3 is 2.94 bits per heavy atom. The molecule has 1 fully saturated rings. The number of carbonyl (C=O) groups is 1. The molecule has 0 aliphatic heterocycles. The first kappa shape index (κ1) is 14.3. The van der Waals surface area contributed by atoms with Gasteiger partial charge in [-0.2, -0.15) is 0 Å². The summed E-state index contributed by atoms with van der Waals surface area (Å²) in [4.78, 5) is 12.4. The van der Waals surface area contributed by atoms with Crippen LogP contribution in [0, 0.1) is 8.99 Å². The quantitative estimate of drug-likeness (QED) is 0.716. The predicted molar refractivity (Wildman–Crippen MR) is 85.4 cm³/mol. The maximum Gasteiger partial charge on any atom is 0.231 e. The third-order valence-corrected chi connectivity index (χ3v) is 5.09. The molecule has 0 heterocycles. The van der Waals surface area contributed by atoms with E-state index in [-0.39, 0.29) is 11.9 Å². The zero-order valence-corrected chi connectivity index (χ0v) is 13.9. The van der Waals surface area contributed by atoms with Crippen molar-refractivity contribution in [1.29, 1.82) is 0 Å². The van der Waals surface area contributed by atoms with Crippen molar-refractivity contribution in [2.24, 2.45) is 11.1 Å². The number of amides is 1. The Morgan fingerprint density at radius 2 is 2.33 bits per heavy atom. The van der Waals surface area contributed by atoms with Crippen molar-refractivity contribution < 1.29 is 4.79 Å². The van der Waals surface area contributed by atoms with Crippen LogP contribution in [0.3, 0.4) is 0 Å². The fraction of sp³-hybridized carbons (Fsp3) is 0.462. The third kappa shape index (κ3) is 2.72. The molecule has 5 heteroatoms. The van der Waals surface area contributed by atoms with Gasteiger partial charge in [0.25, 0.3) is 0 Å². The molecule has 2 rings (SSSR count). The van der Waals surface area contributed by atoms with Crippen LogP contribution in [0.4, 0.5) is 5.69 Å². The fourth-order valence-electron chi connectivity index (χ4n) is 2.33. The zero-order valence-electron chi connectivity index (χ0n) is 10.2. The second-order valence-electron chi connectivity index (χ2n) is 4.99. The standard InChI is InChI=1S/C13H16BrIN2O/c1-13(6-2-3-11(13)16)12(18)17-10-7-8(15)4-5-9(10)14/h4-5,7,11H,2-3,6,16H2,1H3,(H,17,18). The molecule has 98 valence electrons. The van der Waals surface area contributed by atoms with Gasteiger partial charge in [-0.05, 0) is 76.5 Å². The first-order chi connectivity index (χ1) is 8.43. The van der Waals surface area contributed by atoms with Gasteiger partial charge in [-0.15, -0.1) is 0 Å². The van der Waals surface area contributed by atoms with Crippen LogP contribution >= 0.6 is 38.5 Å². The molecule has 0 bridgehead atoms. The molecular weight excluding hydrogens is 407 g/mol. The Bertz CT molecular complexity index is 480. The molecule has 0 aromatic heterocycles. The highest BCUT2D eigenvalue weighted by Crippen LogP contribution is 2.38. The molecule has 18 heavy (non-hydrogen) atoms. The second kappa shape index (κ2) is 5.46. The molecule has 3 nitrogen and oxygen atoms in total. The highest BCUT2D eigenvalue weighted by Gasteiger charge is 2.43. The van der Waals surface area contributed by atoms with E-state index >= 15 is 0 Å². The van der Waals surface area contributed by atoms with Crippen molar-refractivity contribution in [2.75, 3.05) is 5.32 Å². The van der Waals surface area contributed by atoms with Crippen LogP contribution < -0.4 is 11.1 Å². The molecule has 1 aliphatic rings. The summed E-state index contributed by atoms with van der Waals surface area (Å²) in [5, 5.41) is 2.99. The van der Waals surface area contributed by atoms with Crippen molar-refractivity contribution in [2.45, 2.75) is 32.2 Å². The molecule has 0 saturated heterocycles. The largest absolute Gasteiger partial charge is 0.327 e. The number of halogens is 2. The summed E-state index contributed by atoms with van der Waals surface area (Å²) < 4.78 is 1.98. The molecule has 1 aliphatic carbocycles. The molecule has 0 spiro atoms. The molecule has 2 unspecified atom stereocenters. The summed E-state index contributed by atoms with van der Waals surface area (Å²) in [5.41, 5.74) is 6.43. The van der Waals surface area contributed by atoms with Crippen LogP contribution in [0.25, 0.3) is 0 Å². The zero-order chi connectivity index (χ0) is 13.3. The van der Waals surface area contributed by atoms with E-state index < -0.39 is 5.41 Å². The van der Waals surface area contributed by atoms with E-state index in [9.17, 15) is 4.79 Å². The SMILES string of the molecule is CC1(C(=O)Nc2cc(I)ccc2Br)CCCC1N. The Hall–Kier alpha value is -0.140. The van der Waals surface area contributed by atoms with Crippen LogP contribution in [0.2, 0.25) is 0 Å². The topological polar surface area (TPSA) is 55.1 Å². The summed E-state index contributed by atoms with van der Waals surface area (Å²) >= 11 is 5.68. The summed E-state index contributed by atoms with van der Waals surface area (Å²) in [6, 6.07) is 5.84. The van der Waals surface area contributed by atoms with Gasteiger partial charge < -0.3 is 11.1 Å². The summed E-state index contributed by atoms with van der Waals surface area (Å²) in [7, 11) is 0. The van der Waals surface area contributed by atoms with Gasteiger partial charge in [-0.3, -0.25) is 4.79 Å². The number of anilines is 1. The van der Waals surface area contributed by atoms with Crippen molar-refractivity contribution >= 4 is 50.1 Å². The van der Waals surface area contributed by atoms with Gasteiger partial charge in [0.2, 0.25) is 5.91 Å². The number of hydrogen-bond acceptors (Lipinski definition) is 2. The molecule has 1 saturated carbocycles. The van der Waals surface area contributed by atoms with E-state index in [1.54, 1.807) is 0 Å². The highest BCUT2D eigenvalue weighted by atomic mass is 127. The first-order valence-corrected chi connectivity index (χ1v) is 7.83. The van der Waals surface area contributed by atoms with Crippen LogP contribution in [0.15, 0.2) is 22.7 Å². The Labute approximate surface area is 129 Å². The van der Waals surface area contributed by atoms with Gasteiger partial charge >= 0.3 is 0 Å². The van der Waals surface area contributed by atoms with Crippen LogP contribution in [-0.2, 0) is 4.79 Å². The van der Waals surface area contributed by atoms with E-state index in [1.807, 2.05) is 25.1 Å². The van der Waals surface area contributed by atoms with Gasteiger partial charge in [-0.25, -0.2) is 0 Å². The first-order valence-electron chi connectivity index (χ1n) is 5.95. The molecule has 0 radical (unpaired) electrons. The van der Waals surface area contributed by atoms with E-state index in [2.05, 4.69) is 43.8 Å². The van der Waals surface area contributed by atoms with E-state index in [0.29, 0.717) is 0 Å². The van der Waals surface area contributed by atoms with Crippen LogP contribution in [-0.4, -0.2) is 11.9 Å². The van der Waals surface area contributed by atoms with Gasteiger partial charge in [0, 0.05) is 14.1 Å². The average molecular weight is 423 g/mol. The van der Waals surface area contributed by atoms with Gasteiger partial charge in [0.1, 0.15) is 0 Å². The average Bonchev–Trinajstić information content (AvgIpc) is 2.66. The normalized spacial score (nSPS) is 27.2. The van der Waals surface area contributed by atoms with Crippen molar-refractivity contribution in [1.82, 2.24) is 0 Å². The Balaban J connectivity index is 2.19. The lowest BCUT2D eigenvalue weighted by molar-refractivity contribution is -0.125. The lowest BCUT2D eigenvalue weighted by Gasteiger charge is -2.27. The fourth-order valence-corrected chi connectivity index (χ4v) is 3.17. The molecule has 2 atom stereocenters. The van der Waals surface area contributed by atoms with E-state index in [1.165, 1.54) is 0 Å². The van der Waals surface area contributed by atoms with Gasteiger partial charge in [-0.1, -0.05) is 6.42 Å². The maximum absolute atomic E-state index is 12.4. The lowest BCUT2D eigenvalue weighted by Crippen LogP contribution is -2.44. The highest BCUT2D eigenvalue weighted by molar-refractivity contribution is 14.1. The number of carbonyl (C=O) groups excluding carboxylic acids is 1. The van der Waals surface area contributed by atoms with E-state index in [4.69, 9.17) is 5.73 Å². The van der Waals surface area contributed by atoms with Gasteiger partial charge in [0.05, 0.1) is 11.1 Å². The summed E-state index contributed by atoms with van der Waals surface area (Å²) in [5.74, 6) is 0.0233. The maximum atomic E-state index is 12.4. The second-order valence-corrected chi connectivity index (χ2v) is 7.09. The van der Waals surface area contributed by atoms with Crippen molar-refractivity contribution in [3.05, 3.63) is 26.2 Å². The monoisotopic (exact) mass is 422 g/mol. The Morgan fingerprint density at radius 1 is 1.61 bits per heavy atom. The Kier molecular flexibility index (Phi) is 4.33. The third-order valence-electron chi connectivity index (χ3n) is 3.72. The minimum absolute atomic E-state index is 0.0233. The molecule has 1 aromatic carbocycles. The predicted octanol–water partition coefficient (Wildman–Crippen LogP) is 3.51. The van der Waals surface area contributed by atoms with Crippen LogP contribution in [0.5, 0.6) is 0 Å². The minimum Gasteiger partial charge on any atom is -0.327 e. The minimum atomic E-state index is -0.444. The summed E-state index contributed by atoms with van der Waals surface area (Å²) in [6.07, 6.45) is 2.82. The number of nitrogens with two attached hydrogens (primary N) is 1.